The maximum atomic E-state index is 13.2. The minimum atomic E-state index is 0.0652. The zero-order valence-corrected chi connectivity index (χ0v) is 18.9. The Morgan fingerprint density at radius 3 is 2.77 bits per heavy atom. The van der Waals surface area contributed by atoms with Crippen LogP contribution in [-0.2, 0) is 0 Å². The molecule has 0 aliphatic carbocycles. The molecule has 1 atom stereocenters. The van der Waals surface area contributed by atoms with Crippen molar-refractivity contribution in [3.8, 4) is 0 Å². The van der Waals surface area contributed by atoms with Gasteiger partial charge in [0, 0.05) is 37.6 Å². The smallest absolute Gasteiger partial charge is 0.264 e. The van der Waals surface area contributed by atoms with Crippen LogP contribution in [0.5, 0.6) is 0 Å². The third kappa shape index (κ3) is 4.20. The number of hydrogen-bond acceptors (Lipinski definition) is 8. The molecule has 1 amide bonds. The second-order valence-corrected chi connectivity index (χ2v) is 9.41. The van der Waals surface area contributed by atoms with Gasteiger partial charge in [-0.05, 0) is 30.4 Å². The van der Waals surface area contributed by atoms with Crippen molar-refractivity contribution in [2.24, 2.45) is 0 Å². The average molecular weight is 446 g/mol. The van der Waals surface area contributed by atoms with E-state index in [-0.39, 0.29) is 18.6 Å². The summed E-state index contributed by atoms with van der Waals surface area (Å²) in [6.45, 7) is 7.92. The second kappa shape index (κ2) is 9.38. The first-order chi connectivity index (χ1) is 14.6. The van der Waals surface area contributed by atoms with E-state index in [0.717, 1.165) is 46.0 Å². The van der Waals surface area contributed by atoms with E-state index in [9.17, 15) is 4.79 Å². The van der Waals surface area contributed by atoms with Gasteiger partial charge in [0.2, 0.25) is 0 Å². The van der Waals surface area contributed by atoms with Crippen LogP contribution in [-0.4, -0.2) is 70.1 Å². The molecule has 3 aromatic heterocycles. The summed E-state index contributed by atoms with van der Waals surface area (Å²) in [5.74, 6) is 0.858. The fourth-order valence-electron chi connectivity index (χ4n) is 3.87. The molecule has 1 saturated heterocycles. The van der Waals surface area contributed by atoms with Crippen LogP contribution in [0.1, 0.15) is 39.5 Å². The van der Waals surface area contributed by atoms with Crippen LogP contribution >= 0.6 is 22.7 Å². The Kier molecular flexibility index (Phi) is 6.62. The van der Waals surface area contributed by atoms with Gasteiger partial charge in [-0.25, -0.2) is 9.97 Å². The molecule has 7 nitrogen and oxygen atoms in total. The van der Waals surface area contributed by atoms with Gasteiger partial charge in [0.15, 0.2) is 0 Å². The lowest BCUT2D eigenvalue weighted by Gasteiger charge is -2.34. The monoisotopic (exact) mass is 445 g/mol. The van der Waals surface area contributed by atoms with Crippen LogP contribution < -0.4 is 5.32 Å². The van der Waals surface area contributed by atoms with Gasteiger partial charge in [-0.1, -0.05) is 13.0 Å². The number of nitrogens with one attached hydrogen (secondary N) is 1. The number of carbonyl (C=O) groups is 1. The molecule has 160 valence electrons. The van der Waals surface area contributed by atoms with Gasteiger partial charge in [-0.3, -0.25) is 9.69 Å². The van der Waals surface area contributed by atoms with E-state index < -0.39 is 0 Å². The van der Waals surface area contributed by atoms with Crippen LogP contribution in [0.15, 0.2) is 23.8 Å². The topological polar surface area (TPSA) is 81.6 Å². The molecule has 0 saturated carbocycles. The Bertz CT molecular complexity index is 996. The van der Waals surface area contributed by atoms with Crippen LogP contribution in [0.3, 0.4) is 0 Å². The Morgan fingerprint density at radius 1 is 1.30 bits per heavy atom. The van der Waals surface area contributed by atoms with Crippen molar-refractivity contribution in [2.45, 2.75) is 26.3 Å². The Labute approximate surface area is 184 Å². The number of nitrogens with zero attached hydrogens (tertiary/aromatic N) is 4. The number of hydrogen-bond donors (Lipinski definition) is 2. The van der Waals surface area contributed by atoms with Gasteiger partial charge in [0.05, 0.1) is 22.9 Å². The van der Waals surface area contributed by atoms with E-state index in [1.807, 2.05) is 11.8 Å². The third-order valence-electron chi connectivity index (χ3n) is 5.60. The number of carbonyl (C=O) groups excluding carboxylic acids is 1. The predicted octanol–water partition coefficient (Wildman–Crippen LogP) is 3.37. The number of amides is 1. The number of aromatic nitrogens is 2. The van der Waals surface area contributed by atoms with E-state index >= 15 is 0 Å². The fourth-order valence-corrected chi connectivity index (χ4v) is 5.85. The fraction of sp³-hybridized carbons (Fsp3) is 0.476. The van der Waals surface area contributed by atoms with Crippen molar-refractivity contribution in [2.75, 3.05) is 44.6 Å². The highest BCUT2D eigenvalue weighted by atomic mass is 32.1. The molecule has 0 aromatic carbocycles. The standard InChI is InChI=1S/C21H27N5O2S2/c1-3-15(16-5-4-12-29-16)24-19-17-14(2)18(30-20(17)23-13-22-19)21(28)26-8-6-25(7-9-26)10-11-27/h4-5,12-13,15,27H,3,6-11H2,1-2H3,(H,22,23,24)/t15-/m0/s1. The molecule has 30 heavy (non-hydrogen) atoms. The molecule has 1 aliphatic rings. The minimum Gasteiger partial charge on any atom is -0.395 e. The van der Waals surface area contributed by atoms with Crippen molar-refractivity contribution in [3.63, 3.8) is 0 Å². The molecule has 9 heteroatoms. The van der Waals surface area contributed by atoms with E-state index in [1.165, 1.54) is 16.2 Å². The largest absolute Gasteiger partial charge is 0.395 e. The molecular formula is C21H27N5O2S2. The highest BCUT2D eigenvalue weighted by molar-refractivity contribution is 7.20. The van der Waals surface area contributed by atoms with E-state index in [2.05, 4.69) is 44.6 Å². The summed E-state index contributed by atoms with van der Waals surface area (Å²) in [6, 6.07) is 4.38. The van der Waals surface area contributed by atoms with Crippen molar-refractivity contribution in [1.29, 1.82) is 0 Å². The van der Waals surface area contributed by atoms with Crippen molar-refractivity contribution < 1.29 is 9.90 Å². The number of anilines is 1. The molecule has 0 unspecified atom stereocenters. The zero-order valence-electron chi connectivity index (χ0n) is 17.3. The summed E-state index contributed by atoms with van der Waals surface area (Å²) in [6.07, 6.45) is 2.52. The Morgan fingerprint density at radius 2 is 2.10 bits per heavy atom. The quantitative estimate of drug-likeness (QED) is 0.580. The summed E-state index contributed by atoms with van der Waals surface area (Å²) in [5.41, 5.74) is 0.946. The molecule has 0 bridgehead atoms. The van der Waals surface area contributed by atoms with Crippen LogP contribution in [0, 0.1) is 6.92 Å². The number of aliphatic hydroxyl groups is 1. The first-order valence-corrected chi connectivity index (χ1v) is 12.0. The molecular weight excluding hydrogens is 418 g/mol. The lowest BCUT2D eigenvalue weighted by atomic mass is 10.1. The number of aliphatic hydroxyl groups excluding tert-OH is 1. The molecule has 0 spiro atoms. The van der Waals surface area contributed by atoms with Crippen molar-refractivity contribution in [3.05, 3.63) is 39.2 Å². The number of piperazine rings is 1. The summed E-state index contributed by atoms with van der Waals surface area (Å²) >= 11 is 3.18. The molecule has 3 aromatic rings. The predicted molar refractivity (Wildman–Crippen MR) is 123 cm³/mol. The minimum absolute atomic E-state index is 0.0652. The number of rotatable bonds is 7. The van der Waals surface area contributed by atoms with Crippen LogP contribution in [0.2, 0.25) is 0 Å². The maximum Gasteiger partial charge on any atom is 0.264 e. The van der Waals surface area contributed by atoms with Gasteiger partial charge < -0.3 is 15.3 Å². The molecule has 0 radical (unpaired) electrons. The van der Waals surface area contributed by atoms with E-state index in [4.69, 9.17) is 5.11 Å². The number of aryl methyl sites for hydroxylation is 1. The van der Waals surface area contributed by atoms with Gasteiger partial charge in [0.25, 0.3) is 5.91 Å². The summed E-state index contributed by atoms with van der Waals surface area (Å²) < 4.78 is 0. The summed E-state index contributed by atoms with van der Waals surface area (Å²) in [5, 5.41) is 15.7. The number of β-amino-alcohol motifs (C(OH)–C–C–N with tert-alkyl or cyclic N) is 1. The second-order valence-electron chi connectivity index (χ2n) is 7.44. The van der Waals surface area contributed by atoms with Gasteiger partial charge in [-0.15, -0.1) is 22.7 Å². The summed E-state index contributed by atoms with van der Waals surface area (Å²) in [4.78, 5) is 29.1. The lowest BCUT2D eigenvalue weighted by Crippen LogP contribution is -2.49. The third-order valence-corrected chi connectivity index (χ3v) is 7.78. The molecule has 4 rings (SSSR count). The normalized spacial score (nSPS) is 16.2. The summed E-state index contributed by atoms with van der Waals surface area (Å²) in [7, 11) is 0. The Hall–Kier alpha value is -2.07. The van der Waals surface area contributed by atoms with Crippen molar-refractivity contribution >= 4 is 44.6 Å². The van der Waals surface area contributed by atoms with E-state index in [1.54, 1.807) is 17.7 Å². The Balaban J connectivity index is 1.58. The first kappa shape index (κ1) is 21.2. The van der Waals surface area contributed by atoms with Gasteiger partial charge >= 0.3 is 0 Å². The average Bonchev–Trinajstić information content (AvgIpc) is 3.41. The van der Waals surface area contributed by atoms with Crippen molar-refractivity contribution in [1.82, 2.24) is 19.8 Å². The highest BCUT2D eigenvalue weighted by Gasteiger charge is 2.27. The molecule has 2 N–H and O–H groups in total. The van der Waals surface area contributed by atoms with Gasteiger partial charge in [-0.2, -0.15) is 0 Å². The van der Waals surface area contributed by atoms with Crippen LogP contribution in [0.25, 0.3) is 10.2 Å². The molecule has 1 fully saturated rings. The van der Waals surface area contributed by atoms with Crippen LogP contribution in [0.4, 0.5) is 5.82 Å². The maximum absolute atomic E-state index is 13.2. The molecule has 4 heterocycles. The highest BCUT2D eigenvalue weighted by Crippen LogP contribution is 2.36. The molecule has 1 aliphatic heterocycles. The number of fused-ring (bicyclic) bond motifs is 1. The first-order valence-electron chi connectivity index (χ1n) is 10.3. The lowest BCUT2D eigenvalue weighted by molar-refractivity contribution is 0.0619. The number of thiophene rings is 2. The van der Waals surface area contributed by atoms with E-state index in [0.29, 0.717) is 19.6 Å². The SMILES string of the molecule is CC[C@H](Nc1ncnc2sc(C(=O)N3CCN(CCO)CC3)c(C)c12)c1cccs1. The zero-order chi connectivity index (χ0) is 21.1. The van der Waals surface area contributed by atoms with Gasteiger partial charge in [0.1, 0.15) is 17.0 Å².